The zero-order chi connectivity index (χ0) is 20.1. The van der Waals surface area contributed by atoms with Crippen molar-refractivity contribution in [3.63, 3.8) is 0 Å². The molecule has 1 N–H and O–H groups in total. The first-order chi connectivity index (χ1) is 14.2. The molecule has 7 nitrogen and oxygen atoms in total. The topological polar surface area (TPSA) is 91.4 Å². The second-order valence-electron chi connectivity index (χ2n) is 5.76. The number of hydrogen-bond donors (Lipinski definition) is 1. The van der Waals surface area contributed by atoms with Crippen LogP contribution in [0.2, 0.25) is 5.02 Å². The van der Waals surface area contributed by atoms with Crippen molar-refractivity contribution in [2.24, 2.45) is 20.4 Å². The minimum Gasteiger partial charge on any atom is -0.301 e. The van der Waals surface area contributed by atoms with E-state index < -0.39 is 5.37 Å². The molecule has 29 heavy (non-hydrogen) atoms. The Morgan fingerprint density at radius 3 is 2.69 bits per heavy atom. The number of aromatic nitrogens is 1. The fourth-order valence-electron chi connectivity index (χ4n) is 2.33. The summed E-state index contributed by atoms with van der Waals surface area (Å²) in [7, 11) is 0. The number of amidine groups is 1. The van der Waals surface area contributed by atoms with Gasteiger partial charge in [0.15, 0.2) is 5.17 Å². The molecule has 2 heterocycles. The average molecular weight is 441 g/mol. The number of hydrogen-bond acceptors (Lipinski definition) is 8. The summed E-state index contributed by atoms with van der Waals surface area (Å²) in [5.41, 5.74) is 2.68. The van der Waals surface area contributed by atoms with E-state index in [1.54, 1.807) is 18.3 Å². The Hall–Kier alpha value is -2.88. The summed E-state index contributed by atoms with van der Waals surface area (Å²) >= 11 is 8.36. The molecule has 1 atom stereocenters. The molecule has 1 unspecified atom stereocenters. The van der Waals surface area contributed by atoms with E-state index in [0.29, 0.717) is 15.3 Å². The average Bonchev–Trinajstić information content (AvgIpc) is 3.35. The molecule has 0 saturated carbocycles. The van der Waals surface area contributed by atoms with Crippen LogP contribution in [-0.4, -0.2) is 27.6 Å². The largest absolute Gasteiger partial charge is 0.301 e. The van der Waals surface area contributed by atoms with Crippen LogP contribution in [0.4, 0.5) is 5.13 Å². The van der Waals surface area contributed by atoms with Gasteiger partial charge in [0.05, 0.1) is 11.9 Å². The van der Waals surface area contributed by atoms with Gasteiger partial charge in [-0.3, -0.25) is 4.79 Å². The number of rotatable bonds is 5. The van der Waals surface area contributed by atoms with Gasteiger partial charge in [-0.15, -0.1) is 21.6 Å². The Balaban J connectivity index is 1.38. The standard InChI is InChI=1S/C19H13ClN6OS2/c20-14-8-6-12(7-9-14)10-21-25-19-23-16(27)17(29-19)24-26-18-22-15(11-28-18)13-4-2-1-3-5-13/h1-11,17H,(H,23,25,27)/b21-10+,26-24+. The van der Waals surface area contributed by atoms with Crippen molar-refractivity contribution in [1.82, 2.24) is 10.3 Å². The lowest BCUT2D eigenvalue weighted by Gasteiger charge is -1.94. The van der Waals surface area contributed by atoms with Crippen LogP contribution in [0.5, 0.6) is 0 Å². The van der Waals surface area contributed by atoms with E-state index in [4.69, 9.17) is 11.6 Å². The summed E-state index contributed by atoms with van der Waals surface area (Å²) in [4.78, 5) is 16.5. The molecule has 3 aromatic rings. The van der Waals surface area contributed by atoms with Gasteiger partial charge in [0.2, 0.25) is 10.5 Å². The Kier molecular flexibility index (Phi) is 6.09. The van der Waals surface area contributed by atoms with Gasteiger partial charge >= 0.3 is 0 Å². The molecule has 0 aliphatic carbocycles. The number of amides is 1. The monoisotopic (exact) mass is 440 g/mol. The maximum Gasteiger partial charge on any atom is 0.263 e. The molecule has 0 bridgehead atoms. The van der Waals surface area contributed by atoms with Crippen LogP contribution in [-0.2, 0) is 4.79 Å². The number of carbonyl (C=O) groups is 1. The van der Waals surface area contributed by atoms with Gasteiger partial charge in [0.25, 0.3) is 5.91 Å². The quantitative estimate of drug-likeness (QED) is 0.339. The third-order valence-electron chi connectivity index (χ3n) is 3.71. The van der Waals surface area contributed by atoms with E-state index in [0.717, 1.165) is 28.6 Å². The predicted octanol–water partition coefficient (Wildman–Crippen LogP) is 5.13. The van der Waals surface area contributed by atoms with Crippen LogP contribution in [0.1, 0.15) is 5.56 Å². The number of benzene rings is 2. The second kappa shape index (κ2) is 9.08. The maximum absolute atomic E-state index is 12.1. The lowest BCUT2D eigenvalue weighted by molar-refractivity contribution is -0.118. The van der Waals surface area contributed by atoms with E-state index in [1.807, 2.05) is 47.8 Å². The first-order valence-corrected chi connectivity index (χ1v) is 10.6. The maximum atomic E-state index is 12.1. The van der Waals surface area contributed by atoms with Crippen molar-refractivity contribution >= 4 is 57.1 Å². The summed E-state index contributed by atoms with van der Waals surface area (Å²) in [5, 5.41) is 21.5. The third kappa shape index (κ3) is 5.14. The van der Waals surface area contributed by atoms with Gasteiger partial charge in [-0.2, -0.15) is 10.2 Å². The molecule has 144 valence electrons. The molecule has 0 radical (unpaired) electrons. The lowest BCUT2D eigenvalue weighted by Crippen LogP contribution is -2.23. The molecular weight excluding hydrogens is 428 g/mol. The van der Waals surface area contributed by atoms with Crippen LogP contribution >= 0.6 is 34.7 Å². The van der Waals surface area contributed by atoms with Crippen LogP contribution < -0.4 is 5.32 Å². The fourth-order valence-corrected chi connectivity index (χ4v) is 3.83. The molecule has 0 spiro atoms. The molecule has 10 heteroatoms. The highest BCUT2D eigenvalue weighted by molar-refractivity contribution is 8.15. The van der Waals surface area contributed by atoms with Gasteiger partial charge in [-0.05, 0) is 29.5 Å². The Labute approximate surface area is 179 Å². The Morgan fingerprint density at radius 1 is 1.10 bits per heavy atom. The molecule has 1 aromatic heterocycles. The first kappa shape index (κ1) is 19.4. The third-order valence-corrected chi connectivity index (χ3v) is 5.63. The van der Waals surface area contributed by atoms with Gasteiger partial charge in [-0.1, -0.05) is 54.1 Å². The fraction of sp³-hybridized carbons (Fsp3) is 0.0526. The van der Waals surface area contributed by atoms with Crippen molar-refractivity contribution in [3.8, 4) is 11.3 Å². The van der Waals surface area contributed by atoms with Crippen molar-refractivity contribution in [2.75, 3.05) is 0 Å². The van der Waals surface area contributed by atoms with E-state index >= 15 is 0 Å². The summed E-state index contributed by atoms with van der Waals surface area (Å²) in [6, 6.07) is 17.0. The number of azo groups is 1. The molecule has 1 aliphatic rings. The second-order valence-corrected chi connectivity index (χ2v) is 8.10. The van der Waals surface area contributed by atoms with Gasteiger partial charge < -0.3 is 5.32 Å². The van der Waals surface area contributed by atoms with Crippen LogP contribution in [0.25, 0.3) is 11.3 Å². The van der Waals surface area contributed by atoms with E-state index in [9.17, 15) is 4.79 Å². The molecule has 1 saturated heterocycles. The Morgan fingerprint density at radius 2 is 1.90 bits per heavy atom. The first-order valence-electron chi connectivity index (χ1n) is 8.43. The normalized spacial score (nSPS) is 18.2. The van der Waals surface area contributed by atoms with Crippen molar-refractivity contribution in [3.05, 3.63) is 70.6 Å². The van der Waals surface area contributed by atoms with Crippen LogP contribution in [0.3, 0.4) is 0 Å². The number of carbonyl (C=O) groups excluding carboxylic acids is 1. The van der Waals surface area contributed by atoms with Crippen LogP contribution in [0.15, 0.2) is 80.4 Å². The number of halogens is 1. The minimum absolute atomic E-state index is 0.293. The summed E-state index contributed by atoms with van der Waals surface area (Å²) in [5.74, 6) is -0.293. The SMILES string of the molecule is O=C1N/C(=N\N=C\c2ccc(Cl)cc2)SC1/N=N/c1nc(-c2ccccc2)cs1. The number of nitrogens with zero attached hydrogens (tertiary/aromatic N) is 5. The van der Waals surface area contributed by atoms with Crippen molar-refractivity contribution in [1.29, 1.82) is 0 Å². The van der Waals surface area contributed by atoms with E-state index in [2.05, 4.69) is 30.7 Å². The zero-order valence-corrected chi connectivity index (χ0v) is 17.2. The van der Waals surface area contributed by atoms with Gasteiger partial charge in [-0.25, -0.2) is 4.98 Å². The van der Waals surface area contributed by atoms with E-state index in [1.165, 1.54) is 11.3 Å². The highest BCUT2D eigenvalue weighted by Gasteiger charge is 2.30. The summed E-state index contributed by atoms with van der Waals surface area (Å²) < 4.78 is 0. The Bertz CT molecular complexity index is 1100. The summed E-state index contributed by atoms with van der Waals surface area (Å²) in [6.07, 6.45) is 1.57. The smallest absolute Gasteiger partial charge is 0.263 e. The van der Waals surface area contributed by atoms with Crippen LogP contribution in [0, 0.1) is 0 Å². The van der Waals surface area contributed by atoms with Gasteiger partial charge in [0.1, 0.15) is 0 Å². The lowest BCUT2D eigenvalue weighted by atomic mass is 10.2. The van der Waals surface area contributed by atoms with Crippen molar-refractivity contribution in [2.45, 2.75) is 5.37 Å². The number of thioether (sulfide) groups is 1. The molecular formula is C19H13ClN6OS2. The zero-order valence-electron chi connectivity index (χ0n) is 14.8. The van der Waals surface area contributed by atoms with E-state index in [-0.39, 0.29) is 5.91 Å². The summed E-state index contributed by atoms with van der Waals surface area (Å²) in [6.45, 7) is 0. The molecule has 1 aliphatic heterocycles. The van der Waals surface area contributed by atoms with Gasteiger partial charge in [0, 0.05) is 16.0 Å². The molecule has 2 aromatic carbocycles. The molecule has 4 rings (SSSR count). The highest BCUT2D eigenvalue weighted by Crippen LogP contribution is 2.28. The molecule has 1 fully saturated rings. The highest BCUT2D eigenvalue weighted by atomic mass is 35.5. The minimum atomic E-state index is -0.719. The number of thiazole rings is 1. The predicted molar refractivity (Wildman–Crippen MR) is 118 cm³/mol. The van der Waals surface area contributed by atoms with Crippen molar-refractivity contribution < 1.29 is 4.79 Å². The molecule has 1 amide bonds. The number of nitrogens with one attached hydrogen (secondary N) is 1.